The van der Waals surface area contributed by atoms with Crippen molar-refractivity contribution in [1.82, 2.24) is 10.3 Å². The van der Waals surface area contributed by atoms with E-state index in [1.807, 2.05) is 91.9 Å². The number of rotatable bonds is 6. The lowest BCUT2D eigenvalue weighted by atomic mass is 10.1. The highest BCUT2D eigenvalue weighted by Crippen LogP contribution is 2.43. The van der Waals surface area contributed by atoms with Crippen LogP contribution in [-0.2, 0) is 17.9 Å². The van der Waals surface area contributed by atoms with Gasteiger partial charge >= 0.3 is 0 Å². The van der Waals surface area contributed by atoms with Crippen molar-refractivity contribution in [3.05, 3.63) is 130 Å². The second-order valence-corrected chi connectivity index (χ2v) is 9.71. The van der Waals surface area contributed by atoms with Crippen LogP contribution >= 0.6 is 11.8 Å². The lowest BCUT2D eigenvalue weighted by Gasteiger charge is -2.31. The normalized spacial score (nSPS) is 14.0. The summed E-state index contributed by atoms with van der Waals surface area (Å²) < 4.78 is 0. The first-order valence-electron chi connectivity index (χ1n) is 11.7. The Morgan fingerprint density at radius 1 is 0.972 bits per heavy atom. The van der Waals surface area contributed by atoms with Gasteiger partial charge in [-0.15, -0.1) is 0 Å². The van der Waals surface area contributed by atoms with E-state index in [-0.39, 0.29) is 11.8 Å². The third kappa shape index (κ3) is 5.39. The Balaban J connectivity index is 1.47. The van der Waals surface area contributed by atoms with E-state index in [9.17, 15) is 9.59 Å². The molecule has 0 spiro atoms. The van der Waals surface area contributed by atoms with E-state index in [0.29, 0.717) is 23.6 Å². The van der Waals surface area contributed by atoms with Gasteiger partial charge < -0.3 is 10.2 Å². The standard InChI is InChI=1S/C30H25N3O2S/c1-21-7-5-10-23(15-21)20-33-26-17-25(29(34)32-19-24-11-6-14-31-18-24)12-13-27(26)36-28(30(33)35)16-22-8-3-2-4-9-22/h2-18H,19-20H2,1H3,(H,32,34). The summed E-state index contributed by atoms with van der Waals surface area (Å²) in [6.07, 6.45) is 5.35. The molecule has 2 amide bonds. The van der Waals surface area contributed by atoms with Crippen molar-refractivity contribution in [1.29, 1.82) is 0 Å². The number of hydrogen-bond donors (Lipinski definition) is 1. The number of hydrogen-bond acceptors (Lipinski definition) is 4. The molecule has 5 rings (SSSR count). The van der Waals surface area contributed by atoms with E-state index >= 15 is 0 Å². The Morgan fingerprint density at radius 2 is 1.81 bits per heavy atom. The van der Waals surface area contributed by atoms with Gasteiger partial charge in [-0.1, -0.05) is 78.0 Å². The molecule has 0 bridgehead atoms. The molecule has 4 aromatic rings. The Bertz CT molecular complexity index is 1440. The van der Waals surface area contributed by atoms with Crippen LogP contribution in [0.4, 0.5) is 5.69 Å². The van der Waals surface area contributed by atoms with Crippen LogP contribution in [0.15, 0.2) is 107 Å². The smallest absolute Gasteiger partial charge is 0.265 e. The second kappa shape index (κ2) is 10.6. The fraction of sp³-hybridized carbons (Fsp3) is 0.100. The summed E-state index contributed by atoms with van der Waals surface area (Å²) >= 11 is 1.44. The number of nitrogens with zero attached hydrogens (tertiary/aromatic N) is 2. The van der Waals surface area contributed by atoms with E-state index in [4.69, 9.17) is 0 Å². The highest BCUT2D eigenvalue weighted by Gasteiger charge is 2.30. The van der Waals surface area contributed by atoms with E-state index in [1.54, 1.807) is 17.3 Å². The monoisotopic (exact) mass is 491 g/mol. The molecule has 2 heterocycles. The first-order chi connectivity index (χ1) is 17.6. The molecule has 0 atom stereocenters. The maximum absolute atomic E-state index is 13.7. The van der Waals surface area contributed by atoms with E-state index in [2.05, 4.69) is 16.4 Å². The predicted octanol–water partition coefficient (Wildman–Crippen LogP) is 6.00. The molecule has 1 aliphatic rings. The van der Waals surface area contributed by atoms with E-state index in [0.717, 1.165) is 32.8 Å². The molecule has 6 heteroatoms. The summed E-state index contributed by atoms with van der Waals surface area (Å²) in [6.45, 7) is 2.84. The first kappa shape index (κ1) is 23.6. The lowest BCUT2D eigenvalue weighted by molar-refractivity contribution is -0.114. The second-order valence-electron chi connectivity index (χ2n) is 8.63. The Labute approximate surface area is 214 Å². The molecule has 1 aliphatic heterocycles. The van der Waals surface area contributed by atoms with Crippen LogP contribution in [0.5, 0.6) is 0 Å². The zero-order valence-corrected chi connectivity index (χ0v) is 20.7. The Hall–Kier alpha value is -4.16. The molecule has 1 N–H and O–H groups in total. The summed E-state index contributed by atoms with van der Waals surface area (Å²) in [5, 5.41) is 2.95. The van der Waals surface area contributed by atoms with Gasteiger partial charge in [-0.05, 0) is 54.0 Å². The van der Waals surface area contributed by atoms with Gasteiger partial charge in [0.1, 0.15) is 0 Å². The molecule has 1 aromatic heterocycles. The molecule has 0 aliphatic carbocycles. The van der Waals surface area contributed by atoms with Gasteiger partial charge in [-0.3, -0.25) is 14.6 Å². The van der Waals surface area contributed by atoms with Gasteiger partial charge in [0.15, 0.2) is 0 Å². The molecule has 0 saturated carbocycles. The summed E-state index contributed by atoms with van der Waals surface area (Å²) in [4.78, 5) is 34.1. The zero-order valence-electron chi connectivity index (χ0n) is 19.8. The molecular weight excluding hydrogens is 466 g/mol. The number of carbonyl (C=O) groups excluding carboxylic acids is 2. The minimum atomic E-state index is -0.194. The predicted molar refractivity (Wildman–Crippen MR) is 144 cm³/mol. The topological polar surface area (TPSA) is 62.3 Å². The van der Waals surface area contributed by atoms with Crippen LogP contribution in [0.25, 0.3) is 6.08 Å². The average molecular weight is 492 g/mol. The maximum Gasteiger partial charge on any atom is 0.265 e. The highest BCUT2D eigenvalue weighted by atomic mass is 32.2. The maximum atomic E-state index is 13.7. The third-order valence-corrected chi connectivity index (χ3v) is 6.96. The molecule has 5 nitrogen and oxygen atoms in total. The van der Waals surface area contributed by atoms with Crippen molar-refractivity contribution < 1.29 is 9.59 Å². The summed E-state index contributed by atoms with van der Waals surface area (Å²) in [6, 6.07) is 27.3. The Kier molecular flexibility index (Phi) is 6.96. The van der Waals surface area contributed by atoms with Crippen molar-refractivity contribution in [3.8, 4) is 0 Å². The number of amides is 2. The van der Waals surface area contributed by atoms with Gasteiger partial charge in [-0.2, -0.15) is 0 Å². The molecular formula is C30H25N3O2S. The van der Waals surface area contributed by atoms with Crippen LogP contribution < -0.4 is 10.2 Å². The number of aryl methyl sites for hydroxylation is 1. The minimum Gasteiger partial charge on any atom is -0.348 e. The number of anilines is 1. The van der Waals surface area contributed by atoms with Crippen LogP contribution in [0.1, 0.15) is 32.6 Å². The van der Waals surface area contributed by atoms with Gasteiger partial charge in [0.25, 0.3) is 11.8 Å². The first-order valence-corrected chi connectivity index (χ1v) is 12.5. The van der Waals surface area contributed by atoms with Crippen LogP contribution in [0.2, 0.25) is 0 Å². The molecule has 36 heavy (non-hydrogen) atoms. The number of benzene rings is 3. The van der Waals surface area contributed by atoms with Crippen molar-refractivity contribution in [2.45, 2.75) is 24.9 Å². The highest BCUT2D eigenvalue weighted by molar-refractivity contribution is 8.04. The van der Waals surface area contributed by atoms with Crippen LogP contribution in [-0.4, -0.2) is 16.8 Å². The van der Waals surface area contributed by atoms with Crippen molar-refractivity contribution in [2.24, 2.45) is 0 Å². The van der Waals surface area contributed by atoms with Crippen LogP contribution in [0, 0.1) is 6.92 Å². The SMILES string of the molecule is Cc1cccc(CN2C(=O)C(=Cc3ccccc3)Sc3ccc(C(=O)NCc4cccnc4)cc32)c1. The number of pyridine rings is 1. The third-order valence-electron chi connectivity index (χ3n) is 5.88. The van der Waals surface area contributed by atoms with E-state index in [1.165, 1.54) is 11.8 Å². The molecule has 0 radical (unpaired) electrons. The largest absolute Gasteiger partial charge is 0.348 e. The number of carbonyl (C=O) groups is 2. The van der Waals surface area contributed by atoms with Gasteiger partial charge in [-0.25, -0.2) is 0 Å². The number of nitrogens with one attached hydrogen (secondary N) is 1. The quantitative estimate of drug-likeness (QED) is 0.336. The molecule has 0 saturated heterocycles. The van der Waals surface area contributed by atoms with Gasteiger partial charge in [0.05, 0.1) is 17.1 Å². The van der Waals surface area contributed by atoms with Crippen LogP contribution in [0.3, 0.4) is 0 Å². The summed E-state index contributed by atoms with van der Waals surface area (Å²) in [7, 11) is 0. The number of fused-ring (bicyclic) bond motifs is 1. The fourth-order valence-electron chi connectivity index (χ4n) is 4.09. The lowest BCUT2D eigenvalue weighted by Crippen LogP contribution is -2.34. The van der Waals surface area contributed by atoms with Gasteiger partial charge in [0, 0.05) is 29.4 Å². The minimum absolute atomic E-state index is 0.0780. The molecule has 0 fully saturated rings. The molecule has 3 aromatic carbocycles. The fourth-order valence-corrected chi connectivity index (χ4v) is 5.13. The van der Waals surface area contributed by atoms with Crippen molar-refractivity contribution in [2.75, 3.05) is 4.90 Å². The molecule has 178 valence electrons. The molecule has 0 unspecified atom stereocenters. The van der Waals surface area contributed by atoms with Crippen molar-refractivity contribution >= 4 is 35.3 Å². The average Bonchev–Trinajstić information content (AvgIpc) is 2.90. The summed E-state index contributed by atoms with van der Waals surface area (Å²) in [5.41, 5.74) is 5.31. The number of aromatic nitrogens is 1. The Morgan fingerprint density at radius 3 is 2.58 bits per heavy atom. The summed E-state index contributed by atoms with van der Waals surface area (Å²) in [5.74, 6) is -0.272. The van der Waals surface area contributed by atoms with Crippen molar-refractivity contribution in [3.63, 3.8) is 0 Å². The van der Waals surface area contributed by atoms with Gasteiger partial charge in [0.2, 0.25) is 0 Å². The zero-order chi connectivity index (χ0) is 24.9. The van der Waals surface area contributed by atoms with E-state index < -0.39 is 0 Å². The number of thioether (sulfide) groups is 1.